The molecule has 5 heteroatoms. The van der Waals surface area contributed by atoms with Crippen molar-refractivity contribution in [2.75, 3.05) is 13.1 Å². The zero-order chi connectivity index (χ0) is 14.0. The number of amidine groups is 1. The number of allylic oxidation sites excluding steroid dienone is 1. The molecule has 0 saturated heterocycles. The Hall–Kier alpha value is -0.970. The van der Waals surface area contributed by atoms with Crippen molar-refractivity contribution in [1.82, 2.24) is 4.90 Å². The first-order valence-electron chi connectivity index (χ1n) is 7.23. The molecule has 0 bridgehead atoms. The Morgan fingerprint density at radius 3 is 3.00 bits per heavy atom. The van der Waals surface area contributed by atoms with Crippen molar-refractivity contribution in [3.8, 4) is 0 Å². The molecule has 0 N–H and O–H groups in total. The van der Waals surface area contributed by atoms with Gasteiger partial charge in [-0.05, 0) is 42.3 Å². The van der Waals surface area contributed by atoms with Crippen LogP contribution in [0.15, 0.2) is 33.5 Å². The lowest BCUT2D eigenvalue weighted by molar-refractivity contribution is 0.646. The van der Waals surface area contributed by atoms with Gasteiger partial charge in [0, 0.05) is 32.1 Å². The van der Waals surface area contributed by atoms with Crippen molar-refractivity contribution < 1.29 is 0 Å². The van der Waals surface area contributed by atoms with Gasteiger partial charge in [-0.1, -0.05) is 23.4 Å². The number of hydrogen-bond donors (Lipinski definition) is 0. The number of aliphatic imine (C=N–C) groups is 1. The van der Waals surface area contributed by atoms with Gasteiger partial charge in [0.15, 0.2) is 5.17 Å². The minimum Gasteiger partial charge on any atom is -0.318 e. The average molecular weight is 333 g/mol. The van der Waals surface area contributed by atoms with Crippen LogP contribution in [0, 0.1) is 5.92 Å². The van der Waals surface area contributed by atoms with E-state index in [0.29, 0.717) is 0 Å². The van der Waals surface area contributed by atoms with Gasteiger partial charge in [-0.25, -0.2) is 0 Å². The molecule has 106 valence electrons. The van der Waals surface area contributed by atoms with Crippen LogP contribution in [0.25, 0.3) is 15.8 Å². The quantitative estimate of drug-likeness (QED) is 0.764. The second kappa shape index (κ2) is 4.51. The summed E-state index contributed by atoms with van der Waals surface area (Å²) in [5.41, 5.74) is 2.74. The first kappa shape index (κ1) is 12.6. The zero-order valence-corrected chi connectivity index (χ0v) is 13.7. The van der Waals surface area contributed by atoms with E-state index >= 15 is 0 Å². The van der Waals surface area contributed by atoms with Gasteiger partial charge in [-0.2, -0.15) is 0 Å². The van der Waals surface area contributed by atoms with E-state index in [0.717, 1.165) is 24.0 Å². The van der Waals surface area contributed by atoms with Gasteiger partial charge in [0.2, 0.25) is 0 Å². The molecular formula is C16H13ClN2S2. The molecule has 2 nitrogen and oxygen atoms in total. The smallest absolute Gasteiger partial charge is 0.168 e. The van der Waals surface area contributed by atoms with Crippen molar-refractivity contribution in [2.24, 2.45) is 10.9 Å². The summed E-state index contributed by atoms with van der Waals surface area (Å²) in [7, 11) is 0. The molecule has 1 aromatic heterocycles. The molecule has 0 atom stereocenters. The van der Waals surface area contributed by atoms with Crippen molar-refractivity contribution in [2.45, 2.75) is 12.8 Å². The molecule has 3 aliphatic rings. The number of thiophene rings is 1. The van der Waals surface area contributed by atoms with Crippen LogP contribution in [0.1, 0.15) is 18.4 Å². The number of hydrogen-bond acceptors (Lipinski definition) is 4. The van der Waals surface area contributed by atoms with Crippen LogP contribution in [-0.2, 0) is 0 Å². The lowest BCUT2D eigenvalue weighted by atomic mass is 10.1. The summed E-state index contributed by atoms with van der Waals surface area (Å²) in [6.45, 7) is 1.94. The van der Waals surface area contributed by atoms with Crippen LogP contribution in [0.4, 0.5) is 0 Å². The van der Waals surface area contributed by atoms with E-state index in [4.69, 9.17) is 11.6 Å². The number of benzene rings is 1. The van der Waals surface area contributed by atoms with Crippen LogP contribution in [0.2, 0.25) is 5.02 Å². The fourth-order valence-electron chi connectivity index (χ4n) is 3.12. The minimum absolute atomic E-state index is 0.754. The van der Waals surface area contributed by atoms with E-state index < -0.39 is 0 Å². The van der Waals surface area contributed by atoms with E-state index in [1.54, 1.807) is 11.3 Å². The highest BCUT2D eigenvalue weighted by atomic mass is 35.5. The third kappa shape index (κ3) is 1.82. The van der Waals surface area contributed by atoms with E-state index in [1.165, 1.54) is 44.3 Å². The summed E-state index contributed by atoms with van der Waals surface area (Å²) >= 11 is 10.0. The Balaban J connectivity index is 1.76. The Morgan fingerprint density at radius 1 is 1.24 bits per heavy atom. The Labute approximate surface area is 136 Å². The van der Waals surface area contributed by atoms with Crippen LogP contribution < -0.4 is 0 Å². The number of rotatable bonds is 2. The Kier molecular flexibility index (Phi) is 2.70. The monoisotopic (exact) mass is 332 g/mol. The third-order valence-electron chi connectivity index (χ3n) is 4.27. The average Bonchev–Trinajstić information content (AvgIpc) is 2.90. The van der Waals surface area contributed by atoms with Crippen molar-refractivity contribution >= 4 is 55.7 Å². The van der Waals surface area contributed by atoms with Gasteiger partial charge < -0.3 is 4.90 Å². The molecule has 21 heavy (non-hydrogen) atoms. The number of thioether (sulfide) groups is 1. The van der Waals surface area contributed by atoms with Crippen LogP contribution in [0.5, 0.6) is 0 Å². The Morgan fingerprint density at radius 2 is 2.14 bits per heavy atom. The lowest BCUT2D eigenvalue weighted by Gasteiger charge is -2.18. The van der Waals surface area contributed by atoms with Gasteiger partial charge in [0.05, 0.1) is 12.2 Å². The maximum Gasteiger partial charge on any atom is 0.168 e. The van der Waals surface area contributed by atoms with Gasteiger partial charge in [-0.15, -0.1) is 11.3 Å². The first-order chi connectivity index (χ1) is 10.3. The second-order valence-electron chi connectivity index (χ2n) is 5.66. The zero-order valence-electron chi connectivity index (χ0n) is 11.3. The predicted octanol–water partition coefficient (Wildman–Crippen LogP) is 5.05. The topological polar surface area (TPSA) is 15.6 Å². The molecule has 1 aliphatic carbocycles. The molecule has 3 heterocycles. The number of fused-ring (bicyclic) bond motifs is 2. The van der Waals surface area contributed by atoms with Gasteiger partial charge in [0.25, 0.3) is 0 Å². The largest absolute Gasteiger partial charge is 0.318 e. The van der Waals surface area contributed by atoms with E-state index in [1.807, 2.05) is 17.8 Å². The molecule has 0 radical (unpaired) electrons. The summed E-state index contributed by atoms with van der Waals surface area (Å²) in [6, 6.07) is 6.37. The summed E-state index contributed by atoms with van der Waals surface area (Å²) < 4.78 is 1.31. The number of halogens is 1. The molecule has 5 rings (SSSR count). The van der Waals surface area contributed by atoms with Crippen molar-refractivity contribution in [3.05, 3.63) is 39.1 Å². The van der Waals surface area contributed by atoms with Crippen molar-refractivity contribution in [3.63, 3.8) is 0 Å². The summed E-state index contributed by atoms with van der Waals surface area (Å²) in [6.07, 6.45) is 2.66. The highest BCUT2D eigenvalue weighted by molar-refractivity contribution is 8.17. The third-order valence-corrected chi connectivity index (χ3v) is 6.83. The lowest BCUT2D eigenvalue weighted by Crippen LogP contribution is -2.20. The first-order valence-corrected chi connectivity index (χ1v) is 9.30. The molecule has 1 fully saturated rings. The summed E-state index contributed by atoms with van der Waals surface area (Å²) in [4.78, 5) is 8.61. The SMILES string of the molecule is Clc1ccc(C2=C(C3CC3)SC3=NCCN32)c2sccc12. The van der Waals surface area contributed by atoms with Gasteiger partial charge >= 0.3 is 0 Å². The maximum atomic E-state index is 6.35. The van der Waals surface area contributed by atoms with E-state index in [9.17, 15) is 0 Å². The van der Waals surface area contributed by atoms with Gasteiger partial charge in [-0.3, -0.25) is 4.99 Å². The standard InChI is InChI=1S/C16H13ClN2S2/c17-12-4-3-11(15-10(12)5-8-20-15)13-14(9-1-2-9)21-16-18-6-7-19(13)16/h3-5,8-9H,1-2,6-7H2. The molecule has 0 amide bonds. The van der Waals surface area contributed by atoms with Crippen LogP contribution in [0.3, 0.4) is 0 Å². The molecule has 2 aromatic rings. The number of nitrogens with zero attached hydrogens (tertiary/aromatic N) is 2. The molecule has 1 saturated carbocycles. The normalized spacial score (nSPS) is 21.4. The van der Waals surface area contributed by atoms with E-state index in [2.05, 4.69) is 27.4 Å². The molecule has 1 aromatic carbocycles. The Bertz CT molecular complexity index is 817. The fourth-order valence-corrected chi connectivity index (χ4v) is 5.69. The van der Waals surface area contributed by atoms with Crippen molar-refractivity contribution in [1.29, 1.82) is 0 Å². The minimum atomic E-state index is 0.754. The maximum absolute atomic E-state index is 6.35. The highest BCUT2D eigenvalue weighted by Crippen LogP contribution is 2.53. The van der Waals surface area contributed by atoms with Crippen LogP contribution >= 0.6 is 34.7 Å². The summed E-state index contributed by atoms with van der Waals surface area (Å²) in [5.74, 6) is 0.754. The summed E-state index contributed by atoms with van der Waals surface area (Å²) in [5, 5.41) is 5.37. The fraction of sp³-hybridized carbons (Fsp3) is 0.312. The molecule has 0 spiro atoms. The van der Waals surface area contributed by atoms with Crippen LogP contribution in [-0.4, -0.2) is 23.2 Å². The second-order valence-corrected chi connectivity index (χ2v) is 8.00. The van der Waals surface area contributed by atoms with E-state index in [-0.39, 0.29) is 0 Å². The molecular weight excluding hydrogens is 320 g/mol. The highest BCUT2D eigenvalue weighted by Gasteiger charge is 2.40. The molecule has 0 unspecified atom stereocenters. The van der Waals surface area contributed by atoms with Gasteiger partial charge in [0.1, 0.15) is 0 Å². The molecule has 2 aliphatic heterocycles. The predicted molar refractivity (Wildman–Crippen MR) is 93.1 cm³/mol.